The van der Waals surface area contributed by atoms with Crippen LogP contribution in [0.2, 0.25) is 10.0 Å². The van der Waals surface area contributed by atoms with Crippen molar-refractivity contribution in [3.63, 3.8) is 0 Å². The molecule has 3 rings (SSSR count). The maximum absolute atomic E-state index is 12.6. The van der Waals surface area contributed by atoms with Crippen LogP contribution in [0, 0.1) is 13.8 Å². The molecule has 0 radical (unpaired) electrons. The number of nitrogens with one attached hydrogen (secondary N) is 1. The molecule has 35 heavy (non-hydrogen) atoms. The van der Waals surface area contributed by atoms with Crippen LogP contribution in [0.4, 0.5) is 5.69 Å². The normalized spacial score (nSPS) is 11.6. The third-order valence-corrected chi connectivity index (χ3v) is 6.80. The first-order chi connectivity index (χ1) is 16.5. The molecule has 2 aromatic carbocycles. The Morgan fingerprint density at radius 2 is 1.89 bits per heavy atom. The fraction of sp³-hybridized carbons (Fsp3) is 0.250. The minimum Gasteiger partial charge on any atom is -0.492 e. The monoisotopic (exact) mass is 536 g/mol. The quantitative estimate of drug-likeness (QED) is 0.316. The van der Waals surface area contributed by atoms with Crippen LogP contribution in [0.5, 0.6) is 5.75 Å². The van der Waals surface area contributed by atoms with Gasteiger partial charge in [0.2, 0.25) is 10.0 Å². The highest BCUT2D eigenvalue weighted by molar-refractivity contribution is 7.92. The second-order valence-corrected chi connectivity index (χ2v) is 10.5. The van der Waals surface area contributed by atoms with E-state index >= 15 is 0 Å². The number of ether oxygens (including phenoxy) is 1. The van der Waals surface area contributed by atoms with Crippen LogP contribution >= 0.6 is 23.2 Å². The van der Waals surface area contributed by atoms with Gasteiger partial charge in [0.25, 0.3) is 5.91 Å². The molecule has 0 saturated carbocycles. The smallest absolute Gasteiger partial charge is 0.260 e. The predicted molar refractivity (Wildman–Crippen MR) is 141 cm³/mol. The average molecular weight is 537 g/mol. The number of anilines is 1. The molecule has 0 atom stereocenters. The number of benzene rings is 2. The summed E-state index contributed by atoms with van der Waals surface area (Å²) in [4.78, 5) is 12.6. The first-order valence-corrected chi connectivity index (χ1v) is 13.3. The maximum atomic E-state index is 12.6. The molecule has 1 aromatic heterocycles. The highest BCUT2D eigenvalue weighted by atomic mass is 35.5. The summed E-state index contributed by atoms with van der Waals surface area (Å²) in [6.07, 6.45) is 2.53. The van der Waals surface area contributed by atoms with E-state index in [0.717, 1.165) is 33.2 Å². The largest absolute Gasteiger partial charge is 0.492 e. The van der Waals surface area contributed by atoms with Gasteiger partial charge in [0.05, 0.1) is 35.5 Å². The van der Waals surface area contributed by atoms with E-state index in [2.05, 4.69) is 10.5 Å². The SMILES string of the molecule is CCOc1ccccc1N(CC(=O)N/N=C\c1cc(C)n(-c2ccc(Cl)cc2Cl)c1C)S(C)(=O)=O. The fourth-order valence-corrected chi connectivity index (χ4v) is 4.97. The molecule has 186 valence electrons. The number of hydrogen-bond donors (Lipinski definition) is 1. The van der Waals surface area contributed by atoms with Crippen LogP contribution in [0.3, 0.4) is 0 Å². The molecule has 0 aliphatic heterocycles. The lowest BCUT2D eigenvalue weighted by molar-refractivity contribution is -0.119. The number of carbonyl (C=O) groups excluding carboxylic acids is 1. The molecule has 1 heterocycles. The zero-order chi connectivity index (χ0) is 25.8. The van der Waals surface area contributed by atoms with Gasteiger partial charge >= 0.3 is 0 Å². The Morgan fingerprint density at radius 3 is 2.54 bits per heavy atom. The first-order valence-electron chi connectivity index (χ1n) is 10.7. The van der Waals surface area contributed by atoms with Crippen molar-refractivity contribution in [2.24, 2.45) is 5.10 Å². The van der Waals surface area contributed by atoms with Gasteiger partial charge in [-0.1, -0.05) is 35.3 Å². The van der Waals surface area contributed by atoms with Gasteiger partial charge in [-0.05, 0) is 57.2 Å². The van der Waals surface area contributed by atoms with Crippen LogP contribution in [-0.2, 0) is 14.8 Å². The number of aryl methyl sites for hydroxylation is 1. The van der Waals surface area contributed by atoms with Crippen LogP contribution in [-0.4, -0.2) is 44.5 Å². The van der Waals surface area contributed by atoms with Crippen LogP contribution < -0.4 is 14.5 Å². The summed E-state index contributed by atoms with van der Waals surface area (Å²) in [5.74, 6) is -0.238. The predicted octanol–water partition coefficient (Wildman–Crippen LogP) is 4.72. The summed E-state index contributed by atoms with van der Waals surface area (Å²) in [5, 5.41) is 5.07. The standard InChI is InChI=1S/C24H26Cl2N4O4S/c1-5-34-23-9-7-6-8-22(23)29(35(4,32)33)15-24(31)28-27-14-18-12-16(2)30(17(18)3)21-11-10-19(25)13-20(21)26/h6-14H,5,15H2,1-4H3,(H,28,31)/b27-14-. The molecule has 0 saturated heterocycles. The summed E-state index contributed by atoms with van der Waals surface area (Å²) < 4.78 is 33.3. The summed E-state index contributed by atoms with van der Waals surface area (Å²) in [7, 11) is -3.76. The average Bonchev–Trinajstić information content (AvgIpc) is 3.05. The lowest BCUT2D eigenvalue weighted by atomic mass is 10.2. The van der Waals surface area contributed by atoms with Crippen molar-refractivity contribution < 1.29 is 17.9 Å². The molecule has 0 spiro atoms. The maximum Gasteiger partial charge on any atom is 0.260 e. The van der Waals surface area contributed by atoms with Crippen molar-refractivity contribution in [3.05, 3.63) is 75.5 Å². The molecular weight excluding hydrogens is 511 g/mol. The minimum absolute atomic E-state index is 0.277. The number of carbonyl (C=O) groups is 1. The molecule has 1 amide bonds. The van der Waals surface area contributed by atoms with E-state index in [9.17, 15) is 13.2 Å². The van der Waals surface area contributed by atoms with Gasteiger partial charge in [-0.2, -0.15) is 5.10 Å². The molecule has 1 N–H and O–H groups in total. The molecule has 11 heteroatoms. The summed E-state index contributed by atoms with van der Waals surface area (Å²) >= 11 is 12.4. The lowest BCUT2D eigenvalue weighted by Gasteiger charge is -2.23. The van der Waals surface area contributed by atoms with Gasteiger partial charge in [-0.15, -0.1) is 0 Å². The number of para-hydroxylation sites is 2. The second-order valence-electron chi connectivity index (χ2n) is 7.72. The number of rotatable bonds is 9. The van der Waals surface area contributed by atoms with E-state index in [1.165, 1.54) is 6.21 Å². The molecular formula is C24H26Cl2N4O4S. The Bertz CT molecular complexity index is 1370. The van der Waals surface area contributed by atoms with E-state index in [1.54, 1.807) is 43.3 Å². The Balaban J connectivity index is 1.78. The van der Waals surface area contributed by atoms with E-state index in [1.807, 2.05) is 30.5 Å². The molecule has 0 aliphatic rings. The van der Waals surface area contributed by atoms with Crippen molar-refractivity contribution in [2.75, 3.05) is 23.7 Å². The number of sulfonamides is 1. The zero-order valence-corrected chi connectivity index (χ0v) is 22.1. The van der Waals surface area contributed by atoms with Crippen molar-refractivity contribution in [2.45, 2.75) is 20.8 Å². The van der Waals surface area contributed by atoms with E-state index in [-0.39, 0.29) is 5.69 Å². The van der Waals surface area contributed by atoms with Crippen molar-refractivity contribution >= 4 is 51.0 Å². The number of halogens is 2. The molecule has 0 aliphatic carbocycles. The zero-order valence-electron chi connectivity index (χ0n) is 19.7. The highest BCUT2D eigenvalue weighted by Crippen LogP contribution is 2.30. The van der Waals surface area contributed by atoms with Gasteiger partial charge in [0, 0.05) is 22.0 Å². The number of hydrazone groups is 1. The van der Waals surface area contributed by atoms with Gasteiger partial charge < -0.3 is 9.30 Å². The summed E-state index contributed by atoms with van der Waals surface area (Å²) in [5.41, 5.74) is 5.97. The molecule has 3 aromatic rings. The Morgan fingerprint density at radius 1 is 1.17 bits per heavy atom. The Kier molecular flexibility index (Phi) is 8.47. The Hall–Kier alpha value is -3.01. The van der Waals surface area contributed by atoms with Crippen LogP contribution in [0.1, 0.15) is 23.9 Å². The van der Waals surface area contributed by atoms with Gasteiger partial charge in [-0.3, -0.25) is 9.10 Å². The number of aromatic nitrogens is 1. The lowest BCUT2D eigenvalue weighted by Crippen LogP contribution is -2.39. The third kappa shape index (κ3) is 6.36. The number of amides is 1. The topological polar surface area (TPSA) is 93.0 Å². The van der Waals surface area contributed by atoms with E-state index in [4.69, 9.17) is 27.9 Å². The summed E-state index contributed by atoms with van der Waals surface area (Å²) in [6.45, 7) is 5.51. The molecule has 8 nitrogen and oxygen atoms in total. The van der Waals surface area contributed by atoms with E-state index in [0.29, 0.717) is 22.4 Å². The van der Waals surface area contributed by atoms with Gasteiger partial charge in [0.1, 0.15) is 12.3 Å². The third-order valence-electron chi connectivity index (χ3n) is 5.14. The van der Waals surface area contributed by atoms with Crippen LogP contribution in [0.25, 0.3) is 5.69 Å². The minimum atomic E-state index is -3.76. The Labute approximate surface area is 215 Å². The first kappa shape index (κ1) is 26.6. The highest BCUT2D eigenvalue weighted by Gasteiger charge is 2.23. The molecule has 0 fully saturated rings. The van der Waals surface area contributed by atoms with Crippen molar-refractivity contribution in [1.82, 2.24) is 9.99 Å². The molecule has 0 bridgehead atoms. The molecule has 0 unspecified atom stereocenters. The van der Waals surface area contributed by atoms with Gasteiger partial charge in [-0.25, -0.2) is 13.8 Å². The summed E-state index contributed by atoms with van der Waals surface area (Å²) in [6, 6.07) is 13.8. The number of nitrogens with zero attached hydrogens (tertiary/aromatic N) is 3. The number of hydrogen-bond acceptors (Lipinski definition) is 5. The van der Waals surface area contributed by atoms with Crippen molar-refractivity contribution in [1.29, 1.82) is 0 Å². The second kappa shape index (κ2) is 11.2. The van der Waals surface area contributed by atoms with E-state index < -0.39 is 22.5 Å². The van der Waals surface area contributed by atoms with Crippen LogP contribution in [0.15, 0.2) is 53.6 Å². The fourth-order valence-electron chi connectivity index (χ4n) is 3.61. The van der Waals surface area contributed by atoms with Gasteiger partial charge in [0.15, 0.2) is 0 Å². The van der Waals surface area contributed by atoms with Crippen molar-refractivity contribution in [3.8, 4) is 11.4 Å².